The van der Waals surface area contributed by atoms with Crippen molar-refractivity contribution in [2.45, 2.75) is 13.3 Å². The predicted octanol–water partition coefficient (Wildman–Crippen LogP) is 4.95. The fourth-order valence-corrected chi connectivity index (χ4v) is 3.23. The van der Waals surface area contributed by atoms with Gasteiger partial charge in [-0.05, 0) is 42.8 Å². The van der Waals surface area contributed by atoms with Gasteiger partial charge in [0.1, 0.15) is 0 Å². The number of hydrogen-bond donors (Lipinski definition) is 1. The van der Waals surface area contributed by atoms with E-state index in [1.807, 2.05) is 6.92 Å². The van der Waals surface area contributed by atoms with Crippen molar-refractivity contribution in [2.24, 2.45) is 5.92 Å². The molecule has 1 fully saturated rings. The molecule has 0 aliphatic carbocycles. The molecule has 1 aliphatic rings. The summed E-state index contributed by atoms with van der Waals surface area (Å²) in [6, 6.07) is 10.3. The third kappa shape index (κ3) is 3.76. The molecule has 7 heteroatoms. The third-order valence-corrected chi connectivity index (χ3v) is 5.38. The number of benzene rings is 2. The average molecular weight is 398 g/mol. The van der Waals surface area contributed by atoms with Gasteiger partial charge in [-0.1, -0.05) is 40.9 Å². The average Bonchev–Trinajstić information content (AvgIpc) is 2.96. The smallest absolute Gasteiger partial charge is 0.229 e. The molecule has 1 atom stereocenters. The molecule has 3 rings (SSSR count). The van der Waals surface area contributed by atoms with Crippen molar-refractivity contribution in [2.75, 3.05) is 16.8 Å². The summed E-state index contributed by atoms with van der Waals surface area (Å²) < 4.78 is 0. The lowest BCUT2D eigenvalue weighted by molar-refractivity contribution is -0.122. The summed E-state index contributed by atoms with van der Waals surface area (Å²) in [5.74, 6) is -0.775. The van der Waals surface area contributed by atoms with Gasteiger partial charge in [-0.2, -0.15) is 0 Å². The molecule has 25 heavy (non-hydrogen) atoms. The highest BCUT2D eigenvalue weighted by molar-refractivity contribution is 6.42. The number of nitrogens with zero attached hydrogens (tertiary/aromatic N) is 1. The quantitative estimate of drug-likeness (QED) is 0.797. The molecule has 1 saturated heterocycles. The molecule has 1 N–H and O–H groups in total. The molecule has 0 radical (unpaired) electrons. The van der Waals surface area contributed by atoms with Crippen molar-refractivity contribution < 1.29 is 9.59 Å². The van der Waals surface area contributed by atoms with Gasteiger partial charge >= 0.3 is 0 Å². The van der Waals surface area contributed by atoms with Gasteiger partial charge in [0, 0.05) is 29.4 Å². The molecule has 0 bridgehead atoms. The van der Waals surface area contributed by atoms with Crippen molar-refractivity contribution in [1.82, 2.24) is 0 Å². The first kappa shape index (κ1) is 18.1. The molecule has 2 aromatic rings. The minimum atomic E-state index is -0.444. The van der Waals surface area contributed by atoms with Crippen LogP contribution in [-0.4, -0.2) is 18.4 Å². The maximum atomic E-state index is 12.5. The Hall–Kier alpha value is -1.75. The maximum Gasteiger partial charge on any atom is 0.229 e. The Morgan fingerprint density at radius 1 is 1.12 bits per heavy atom. The van der Waals surface area contributed by atoms with E-state index in [9.17, 15) is 9.59 Å². The zero-order valence-corrected chi connectivity index (χ0v) is 15.6. The SMILES string of the molecule is Cc1c(Cl)cccc1NC(=O)C1CC(=O)N(c2ccc(Cl)c(Cl)c2)C1. The Labute approximate surface area is 160 Å². The molecular formula is C18H15Cl3N2O2. The Morgan fingerprint density at radius 3 is 2.60 bits per heavy atom. The van der Waals surface area contributed by atoms with Gasteiger partial charge < -0.3 is 10.2 Å². The highest BCUT2D eigenvalue weighted by Gasteiger charge is 2.35. The fourth-order valence-electron chi connectivity index (χ4n) is 2.76. The van der Waals surface area contributed by atoms with Gasteiger partial charge in [0.05, 0.1) is 16.0 Å². The Morgan fingerprint density at radius 2 is 1.88 bits per heavy atom. The maximum absolute atomic E-state index is 12.5. The molecule has 130 valence electrons. The molecule has 1 unspecified atom stereocenters. The van der Waals surface area contributed by atoms with Crippen LogP contribution in [-0.2, 0) is 9.59 Å². The predicted molar refractivity (Wildman–Crippen MR) is 102 cm³/mol. The molecule has 4 nitrogen and oxygen atoms in total. The van der Waals surface area contributed by atoms with Crippen LogP contribution in [0.3, 0.4) is 0 Å². The van der Waals surface area contributed by atoms with Gasteiger partial charge in [0.15, 0.2) is 0 Å². The number of anilines is 2. The van der Waals surface area contributed by atoms with E-state index >= 15 is 0 Å². The summed E-state index contributed by atoms with van der Waals surface area (Å²) in [7, 11) is 0. The highest BCUT2D eigenvalue weighted by Crippen LogP contribution is 2.32. The number of hydrogen-bond acceptors (Lipinski definition) is 2. The van der Waals surface area contributed by atoms with Crippen LogP contribution < -0.4 is 10.2 Å². The summed E-state index contributed by atoms with van der Waals surface area (Å²) in [6.07, 6.45) is 0.145. The largest absolute Gasteiger partial charge is 0.325 e. The van der Waals surface area contributed by atoms with E-state index < -0.39 is 5.92 Å². The number of carbonyl (C=O) groups excluding carboxylic acids is 2. The Kier molecular flexibility index (Phi) is 5.23. The van der Waals surface area contributed by atoms with Crippen LogP contribution >= 0.6 is 34.8 Å². The lowest BCUT2D eigenvalue weighted by Gasteiger charge is -2.17. The molecule has 1 aliphatic heterocycles. The first-order valence-electron chi connectivity index (χ1n) is 7.68. The van der Waals surface area contributed by atoms with E-state index in [4.69, 9.17) is 34.8 Å². The monoisotopic (exact) mass is 396 g/mol. The zero-order valence-electron chi connectivity index (χ0n) is 13.4. The molecule has 1 heterocycles. The van der Waals surface area contributed by atoms with E-state index in [-0.39, 0.29) is 18.2 Å². The van der Waals surface area contributed by atoms with Gasteiger partial charge in [-0.15, -0.1) is 0 Å². The van der Waals surface area contributed by atoms with E-state index in [1.54, 1.807) is 41.3 Å². The highest BCUT2D eigenvalue weighted by atomic mass is 35.5. The van der Waals surface area contributed by atoms with Crippen molar-refractivity contribution in [1.29, 1.82) is 0 Å². The number of carbonyl (C=O) groups is 2. The number of rotatable bonds is 3. The van der Waals surface area contributed by atoms with Crippen molar-refractivity contribution in [3.8, 4) is 0 Å². The van der Waals surface area contributed by atoms with E-state index in [1.165, 1.54) is 0 Å². The summed E-state index contributed by atoms with van der Waals surface area (Å²) in [6.45, 7) is 2.13. The third-order valence-electron chi connectivity index (χ3n) is 4.24. The molecule has 0 spiro atoms. The van der Waals surface area contributed by atoms with Crippen molar-refractivity contribution in [3.63, 3.8) is 0 Å². The zero-order chi connectivity index (χ0) is 18.1. The van der Waals surface area contributed by atoms with Gasteiger partial charge in [0.25, 0.3) is 0 Å². The number of halogens is 3. The lowest BCUT2D eigenvalue weighted by Crippen LogP contribution is -2.28. The minimum Gasteiger partial charge on any atom is -0.325 e. The summed E-state index contributed by atoms with van der Waals surface area (Å²) in [4.78, 5) is 26.4. The summed E-state index contributed by atoms with van der Waals surface area (Å²) in [5, 5.41) is 4.23. The van der Waals surface area contributed by atoms with E-state index in [2.05, 4.69) is 5.32 Å². The van der Waals surface area contributed by atoms with Crippen LogP contribution in [0.4, 0.5) is 11.4 Å². The summed E-state index contributed by atoms with van der Waals surface area (Å²) >= 11 is 18.0. The van der Waals surface area contributed by atoms with Crippen LogP contribution in [0.15, 0.2) is 36.4 Å². The first-order valence-corrected chi connectivity index (χ1v) is 8.81. The van der Waals surface area contributed by atoms with Crippen LogP contribution in [0.1, 0.15) is 12.0 Å². The molecular weight excluding hydrogens is 383 g/mol. The summed E-state index contributed by atoms with van der Waals surface area (Å²) in [5.41, 5.74) is 2.08. The normalized spacial score (nSPS) is 17.0. The number of amides is 2. The Balaban J connectivity index is 1.74. The van der Waals surface area contributed by atoms with Crippen LogP contribution in [0, 0.1) is 12.8 Å². The second kappa shape index (κ2) is 7.24. The fraction of sp³-hybridized carbons (Fsp3) is 0.222. The minimum absolute atomic E-state index is 0.124. The van der Waals surface area contributed by atoms with Crippen LogP contribution in [0.5, 0.6) is 0 Å². The molecule has 0 saturated carbocycles. The van der Waals surface area contributed by atoms with Crippen molar-refractivity contribution in [3.05, 3.63) is 57.0 Å². The molecule has 2 aromatic carbocycles. The van der Waals surface area contributed by atoms with Crippen LogP contribution in [0.25, 0.3) is 0 Å². The second-order valence-corrected chi connectivity index (χ2v) is 7.13. The van der Waals surface area contributed by atoms with Gasteiger partial charge in [-0.3, -0.25) is 9.59 Å². The van der Waals surface area contributed by atoms with Gasteiger partial charge in [0.2, 0.25) is 11.8 Å². The van der Waals surface area contributed by atoms with Crippen LogP contribution in [0.2, 0.25) is 15.1 Å². The Bertz CT molecular complexity index is 854. The standard InChI is InChI=1S/C18H15Cl3N2O2/c1-10-13(19)3-2-4-16(10)22-18(25)11-7-17(24)23(9-11)12-5-6-14(20)15(21)8-12/h2-6,8,11H,7,9H2,1H3,(H,22,25). The van der Waals surface area contributed by atoms with Crippen molar-refractivity contribution >= 4 is 58.0 Å². The first-order chi connectivity index (χ1) is 11.9. The number of nitrogens with one attached hydrogen (secondary N) is 1. The lowest BCUT2D eigenvalue weighted by atomic mass is 10.1. The topological polar surface area (TPSA) is 49.4 Å². The van der Waals surface area contributed by atoms with Gasteiger partial charge in [-0.25, -0.2) is 0 Å². The molecule has 0 aromatic heterocycles. The second-order valence-electron chi connectivity index (χ2n) is 5.91. The van der Waals surface area contributed by atoms with E-state index in [0.29, 0.717) is 33.0 Å². The molecule has 2 amide bonds. The van der Waals surface area contributed by atoms with E-state index in [0.717, 1.165) is 5.56 Å².